The summed E-state index contributed by atoms with van der Waals surface area (Å²) in [6.07, 6.45) is 0. The molecule has 0 saturated carbocycles. The van der Waals surface area contributed by atoms with Crippen LogP contribution in [-0.4, -0.2) is 5.71 Å². The first kappa shape index (κ1) is 13.3. The summed E-state index contributed by atoms with van der Waals surface area (Å²) in [5.41, 5.74) is 3.23. The molecule has 2 heteroatoms. The molecule has 0 heterocycles. The van der Waals surface area contributed by atoms with E-state index in [4.69, 9.17) is 4.84 Å². The topological polar surface area (TPSA) is 21.6 Å². The molecule has 2 aromatic carbocycles. The van der Waals surface area contributed by atoms with Crippen molar-refractivity contribution >= 4 is 5.71 Å². The molecule has 0 aromatic heterocycles. The molecule has 2 nitrogen and oxygen atoms in total. The molecule has 0 saturated heterocycles. The van der Waals surface area contributed by atoms with Crippen LogP contribution in [0.2, 0.25) is 0 Å². The molecule has 2 rings (SSSR count). The van der Waals surface area contributed by atoms with E-state index in [1.165, 1.54) is 0 Å². The van der Waals surface area contributed by atoms with Crippen LogP contribution in [0.5, 0.6) is 0 Å². The third kappa shape index (κ3) is 3.95. The lowest BCUT2D eigenvalue weighted by Gasteiger charge is -2.10. The van der Waals surface area contributed by atoms with E-state index in [-0.39, 0.29) is 0 Å². The Kier molecular flexibility index (Phi) is 4.73. The second-order valence-electron chi connectivity index (χ2n) is 4.76. The van der Waals surface area contributed by atoms with E-state index in [1.807, 2.05) is 48.5 Å². The number of nitrogens with zero attached hydrogens (tertiary/aromatic N) is 1. The number of hydrogen-bond acceptors (Lipinski definition) is 2. The zero-order valence-electron chi connectivity index (χ0n) is 11.4. The van der Waals surface area contributed by atoms with Crippen molar-refractivity contribution in [1.29, 1.82) is 0 Å². The van der Waals surface area contributed by atoms with Gasteiger partial charge in [-0.05, 0) is 17.0 Å². The van der Waals surface area contributed by atoms with Crippen LogP contribution in [0.3, 0.4) is 0 Å². The Morgan fingerprint density at radius 1 is 0.947 bits per heavy atom. The quantitative estimate of drug-likeness (QED) is 0.576. The third-order valence-electron chi connectivity index (χ3n) is 2.85. The maximum absolute atomic E-state index is 5.49. The molecule has 2 aromatic rings. The summed E-state index contributed by atoms with van der Waals surface area (Å²) in [4.78, 5) is 5.49. The van der Waals surface area contributed by atoms with Crippen LogP contribution in [0.25, 0.3) is 0 Å². The van der Waals surface area contributed by atoms with Crippen LogP contribution >= 0.6 is 0 Å². The summed E-state index contributed by atoms with van der Waals surface area (Å²) in [7, 11) is 0. The second-order valence-corrected chi connectivity index (χ2v) is 4.76. The monoisotopic (exact) mass is 253 g/mol. The number of benzene rings is 2. The van der Waals surface area contributed by atoms with Gasteiger partial charge in [0, 0.05) is 0 Å². The summed E-state index contributed by atoms with van der Waals surface area (Å²) < 4.78 is 0. The van der Waals surface area contributed by atoms with Gasteiger partial charge in [-0.25, -0.2) is 0 Å². The van der Waals surface area contributed by atoms with Gasteiger partial charge < -0.3 is 4.84 Å². The van der Waals surface area contributed by atoms with Gasteiger partial charge in [0.2, 0.25) is 0 Å². The predicted octanol–water partition coefficient (Wildman–Crippen LogP) is 4.26. The fourth-order valence-electron chi connectivity index (χ4n) is 1.85. The largest absolute Gasteiger partial charge is 0.391 e. The lowest BCUT2D eigenvalue weighted by molar-refractivity contribution is 0.129. The molecule has 0 radical (unpaired) electrons. The Labute approximate surface area is 114 Å². The highest BCUT2D eigenvalue weighted by molar-refractivity contribution is 6.01. The standard InChI is InChI=1S/C17H19NO/c1-14(2)17(16-11-7-4-8-12-16)18-19-13-15-9-5-3-6-10-15/h3-12,14H,13H2,1-2H3/b18-17-. The van der Waals surface area contributed by atoms with Crippen molar-refractivity contribution in [1.82, 2.24) is 0 Å². The van der Waals surface area contributed by atoms with E-state index in [0.717, 1.165) is 16.8 Å². The highest BCUT2D eigenvalue weighted by Gasteiger charge is 2.08. The molecule has 0 fully saturated rings. The summed E-state index contributed by atoms with van der Waals surface area (Å²) in [6, 6.07) is 20.2. The van der Waals surface area contributed by atoms with Crippen molar-refractivity contribution in [3.63, 3.8) is 0 Å². The van der Waals surface area contributed by atoms with Gasteiger partial charge >= 0.3 is 0 Å². The SMILES string of the molecule is CC(C)/C(=N/OCc1ccccc1)c1ccccc1. The van der Waals surface area contributed by atoms with E-state index in [2.05, 4.69) is 31.1 Å². The molecule has 0 atom stereocenters. The molecule has 0 aliphatic heterocycles. The lowest BCUT2D eigenvalue weighted by atomic mass is 10.0. The summed E-state index contributed by atoms with van der Waals surface area (Å²) >= 11 is 0. The van der Waals surface area contributed by atoms with Crippen molar-refractivity contribution in [3.05, 3.63) is 71.8 Å². The van der Waals surface area contributed by atoms with Crippen molar-refractivity contribution < 1.29 is 4.84 Å². The molecule has 98 valence electrons. The normalized spacial score (nSPS) is 11.6. The number of hydrogen-bond donors (Lipinski definition) is 0. The zero-order valence-corrected chi connectivity index (χ0v) is 11.4. The Bertz CT molecular complexity index is 517. The molecule has 0 aliphatic carbocycles. The van der Waals surface area contributed by atoms with Gasteiger partial charge in [0.25, 0.3) is 0 Å². The van der Waals surface area contributed by atoms with Gasteiger partial charge in [0.15, 0.2) is 0 Å². The minimum atomic E-state index is 0.332. The predicted molar refractivity (Wildman–Crippen MR) is 79.0 cm³/mol. The van der Waals surface area contributed by atoms with Crippen LogP contribution in [0, 0.1) is 5.92 Å². The molecule has 0 spiro atoms. The molecule has 0 bridgehead atoms. The smallest absolute Gasteiger partial charge is 0.142 e. The van der Waals surface area contributed by atoms with E-state index < -0.39 is 0 Å². The van der Waals surface area contributed by atoms with E-state index in [9.17, 15) is 0 Å². The van der Waals surface area contributed by atoms with Crippen molar-refractivity contribution in [3.8, 4) is 0 Å². The first-order chi connectivity index (χ1) is 9.27. The zero-order chi connectivity index (χ0) is 13.5. The van der Waals surface area contributed by atoms with E-state index in [1.54, 1.807) is 0 Å². The number of rotatable bonds is 5. The van der Waals surface area contributed by atoms with Crippen LogP contribution in [0.15, 0.2) is 65.8 Å². The van der Waals surface area contributed by atoms with Crippen LogP contribution < -0.4 is 0 Å². The van der Waals surface area contributed by atoms with Crippen molar-refractivity contribution in [2.24, 2.45) is 11.1 Å². The maximum Gasteiger partial charge on any atom is 0.142 e. The molecular formula is C17H19NO. The van der Waals surface area contributed by atoms with Gasteiger partial charge in [0.1, 0.15) is 6.61 Å². The fraction of sp³-hybridized carbons (Fsp3) is 0.235. The average molecular weight is 253 g/mol. The first-order valence-corrected chi connectivity index (χ1v) is 6.56. The lowest BCUT2D eigenvalue weighted by Crippen LogP contribution is -2.10. The minimum absolute atomic E-state index is 0.332. The minimum Gasteiger partial charge on any atom is -0.391 e. The molecular weight excluding hydrogens is 234 g/mol. The third-order valence-corrected chi connectivity index (χ3v) is 2.85. The molecule has 0 aliphatic rings. The van der Waals surface area contributed by atoms with E-state index >= 15 is 0 Å². The van der Waals surface area contributed by atoms with E-state index in [0.29, 0.717) is 12.5 Å². The molecule has 0 N–H and O–H groups in total. The second kappa shape index (κ2) is 6.74. The highest BCUT2D eigenvalue weighted by atomic mass is 16.6. The molecule has 19 heavy (non-hydrogen) atoms. The van der Waals surface area contributed by atoms with Gasteiger partial charge in [-0.2, -0.15) is 0 Å². The Balaban J connectivity index is 2.06. The van der Waals surface area contributed by atoms with Crippen LogP contribution in [0.1, 0.15) is 25.0 Å². The van der Waals surface area contributed by atoms with Gasteiger partial charge in [-0.1, -0.05) is 79.7 Å². The van der Waals surface area contributed by atoms with Crippen molar-refractivity contribution in [2.75, 3.05) is 0 Å². The fourth-order valence-corrected chi connectivity index (χ4v) is 1.85. The summed E-state index contributed by atoms with van der Waals surface area (Å²) in [5.74, 6) is 0.332. The molecule has 0 unspecified atom stereocenters. The average Bonchev–Trinajstić information content (AvgIpc) is 2.45. The van der Waals surface area contributed by atoms with Gasteiger partial charge in [-0.3, -0.25) is 0 Å². The summed E-state index contributed by atoms with van der Waals surface area (Å²) in [5, 5.41) is 4.31. The Morgan fingerprint density at radius 3 is 2.11 bits per heavy atom. The Morgan fingerprint density at radius 2 is 1.53 bits per heavy atom. The van der Waals surface area contributed by atoms with Crippen LogP contribution in [0.4, 0.5) is 0 Å². The number of oxime groups is 1. The summed E-state index contributed by atoms with van der Waals surface area (Å²) in [6.45, 7) is 4.75. The maximum atomic E-state index is 5.49. The highest BCUT2D eigenvalue weighted by Crippen LogP contribution is 2.11. The molecule has 0 amide bonds. The van der Waals surface area contributed by atoms with Gasteiger partial charge in [-0.15, -0.1) is 0 Å². The van der Waals surface area contributed by atoms with Crippen LogP contribution in [-0.2, 0) is 11.4 Å². The Hall–Kier alpha value is -2.09. The first-order valence-electron chi connectivity index (χ1n) is 6.56. The van der Waals surface area contributed by atoms with Crippen molar-refractivity contribution in [2.45, 2.75) is 20.5 Å². The van der Waals surface area contributed by atoms with Gasteiger partial charge in [0.05, 0.1) is 5.71 Å².